The van der Waals surface area contributed by atoms with Crippen molar-refractivity contribution >= 4 is 36.3 Å². The Morgan fingerprint density at radius 1 is 1.03 bits per heavy atom. The van der Waals surface area contributed by atoms with E-state index in [2.05, 4.69) is 54.1 Å². The van der Waals surface area contributed by atoms with E-state index < -0.39 is 0 Å². The molecule has 2 aliphatic rings. The Kier molecular flexibility index (Phi) is 8.64. The molecule has 1 fully saturated rings. The number of ether oxygens (including phenoxy) is 1. The summed E-state index contributed by atoms with van der Waals surface area (Å²) in [4.78, 5) is 4.78. The lowest BCUT2D eigenvalue weighted by atomic mass is 9.81. The van der Waals surface area contributed by atoms with Crippen LogP contribution in [-0.2, 0) is 13.0 Å². The summed E-state index contributed by atoms with van der Waals surface area (Å²) in [6.45, 7) is 7.30. The van der Waals surface area contributed by atoms with E-state index >= 15 is 0 Å². The van der Waals surface area contributed by atoms with E-state index in [1.54, 1.807) is 0 Å². The number of nitrogens with one attached hydrogen (secondary N) is 1. The van der Waals surface area contributed by atoms with Gasteiger partial charge in [0.15, 0.2) is 0 Å². The SMILES string of the molecule is CN1CCc2ccc(OCC3(C)CCN(c4ccc(C(=N)N)cc4)CC3)cc2C1.Cl.Cl. The minimum atomic E-state index is 0. The predicted molar refractivity (Wildman–Crippen MR) is 133 cm³/mol. The topological polar surface area (TPSA) is 65.6 Å². The molecule has 0 radical (unpaired) electrons. The fraction of sp³-hybridized carbons (Fsp3) is 0.458. The van der Waals surface area contributed by atoms with Gasteiger partial charge in [0.1, 0.15) is 11.6 Å². The molecule has 0 unspecified atom stereocenters. The molecule has 0 saturated carbocycles. The maximum atomic E-state index is 7.53. The van der Waals surface area contributed by atoms with Crippen LogP contribution >= 0.6 is 24.8 Å². The van der Waals surface area contributed by atoms with E-state index in [0.29, 0.717) is 0 Å². The second-order valence-electron chi connectivity index (χ2n) is 8.97. The number of nitrogens with zero attached hydrogens (tertiary/aromatic N) is 2. The van der Waals surface area contributed by atoms with E-state index in [0.717, 1.165) is 63.4 Å². The van der Waals surface area contributed by atoms with Crippen molar-refractivity contribution in [2.24, 2.45) is 11.1 Å². The summed E-state index contributed by atoms with van der Waals surface area (Å²) in [7, 11) is 2.18. The Hall–Kier alpha value is -1.95. The molecule has 2 heterocycles. The summed E-state index contributed by atoms with van der Waals surface area (Å²) in [5, 5.41) is 7.53. The number of halogens is 2. The summed E-state index contributed by atoms with van der Waals surface area (Å²) in [6.07, 6.45) is 3.34. The van der Waals surface area contributed by atoms with Gasteiger partial charge >= 0.3 is 0 Å². The first kappa shape index (κ1) is 25.3. The molecule has 2 aromatic rings. The zero-order valence-electron chi connectivity index (χ0n) is 18.4. The van der Waals surface area contributed by atoms with Crippen LogP contribution in [0, 0.1) is 10.8 Å². The van der Waals surface area contributed by atoms with Crippen LogP contribution in [0.1, 0.15) is 36.5 Å². The lowest BCUT2D eigenvalue weighted by Gasteiger charge is -2.40. The second-order valence-corrected chi connectivity index (χ2v) is 8.97. The summed E-state index contributed by atoms with van der Waals surface area (Å²) >= 11 is 0. The molecule has 170 valence electrons. The summed E-state index contributed by atoms with van der Waals surface area (Å²) in [6, 6.07) is 14.6. The molecule has 0 amide bonds. The van der Waals surface area contributed by atoms with E-state index in [4.69, 9.17) is 15.9 Å². The minimum Gasteiger partial charge on any atom is -0.493 e. The van der Waals surface area contributed by atoms with Crippen molar-refractivity contribution in [3.63, 3.8) is 0 Å². The molecule has 31 heavy (non-hydrogen) atoms. The molecule has 0 atom stereocenters. The number of anilines is 1. The quantitative estimate of drug-likeness (QED) is 0.505. The van der Waals surface area contributed by atoms with Crippen molar-refractivity contribution in [2.75, 3.05) is 38.2 Å². The van der Waals surface area contributed by atoms with Crippen LogP contribution in [0.25, 0.3) is 0 Å². The molecule has 1 saturated heterocycles. The van der Waals surface area contributed by atoms with Gasteiger partial charge in [-0.25, -0.2) is 0 Å². The first-order valence-electron chi connectivity index (χ1n) is 10.5. The number of amidine groups is 1. The monoisotopic (exact) mass is 464 g/mol. The highest BCUT2D eigenvalue weighted by molar-refractivity contribution is 5.95. The van der Waals surface area contributed by atoms with Crippen LogP contribution in [0.5, 0.6) is 5.75 Å². The van der Waals surface area contributed by atoms with Crippen LogP contribution in [0.3, 0.4) is 0 Å². The third-order valence-corrected chi connectivity index (χ3v) is 6.48. The van der Waals surface area contributed by atoms with Crippen molar-refractivity contribution < 1.29 is 4.74 Å². The number of hydrogen-bond acceptors (Lipinski definition) is 4. The lowest BCUT2D eigenvalue weighted by molar-refractivity contribution is 0.131. The standard InChI is InChI=1S/C24H32N4O.2ClH/c1-24(17-29-22-8-5-18-9-12-27(2)16-20(18)15-22)10-13-28(14-11-24)21-6-3-19(4-7-21)23(25)26;;/h3-8,15H,9-14,16-17H2,1-2H3,(H3,25,26);2*1H. The van der Waals surface area contributed by atoms with Gasteiger partial charge in [0.05, 0.1) is 6.61 Å². The van der Waals surface area contributed by atoms with Crippen molar-refractivity contribution in [2.45, 2.75) is 32.7 Å². The van der Waals surface area contributed by atoms with Gasteiger partial charge in [-0.1, -0.05) is 13.0 Å². The molecular formula is C24H34Cl2N4O. The number of rotatable bonds is 5. The number of nitrogens with two attached hydrogens (primary N) is 1. The minimum absolute atomic E-state index is 0. The van der Waals surface area contributed by atoms with Gasteiger partial charge in [0, 0.05) is 42.8 Å². The van der Waals surface area contributed by atoms with Crippen LogP contribution in [0.4, 0.5) is 5.69 Å². The first-order valence-corrected chi connectivity index (χ1v) is 10.5. The van der Waals surface area contributed by atoms with E-state index in [1.165, 1.54) is 16.8 Å². The summed E-state index contributed by atoms with van der Waals surface area (Å²) in [5.74, 6) is 1.12. The molecule has 0 bridgehead atoms. The van der Waals surface area contributed by atoms with Crippen molar-refractivity contribution in [1.82, 2.24) is 4.90 Å². The molecular weight excluding hydrogens is 431 g/mol. The highest BCUT2D eigenvalue weighted by Crippen LogP contribution is 2.34. The van der Waals surface area contributed by atoms with Crippen LogP contribution in [0.15, 0.2) is 42.5 Å². The van der Waals surface area contributed by atoms with Gasteiger partial charge in [0.2, 0.25) is 0 Å². The fourth-order valence-electron chi connectivity index (χ4n) is 4.32. The van der Waals surface area contributed by atoms with E-state index in [1.807, 2.05) is 12.1 Å². The predicted octanol–water partition coefficient (Wildman–Crippen LogP) is 4.49. The molecule has 5 nitrogen and oxygen atoms in total. The molecule has 0 spiro atoms. The van der Waals surface area contributed by atoms with Crippen LogP contribution in [0.2, 0.25) is 0 Å². The van der Waals surface area contributed by atoms with Gasteiger partial charge in [-0.05, 0) is 73.8 Å². The number of likely N-dealkylation sites (N-methyl/N-ethyl adjacent to an activating group) is 1. The average molecular weight is 465 g/mol. The Labute approximate surface area is 198 Å². The number of hydrogen-bond donors (Lipinski definition) is 2. The number of piperidine rings is 1. The highest BCUT2D eigenvalue weighted by Gasteiger charge is 2.31. The van der Waals surface area contributed by atoms with Gasteiger partial charge in [-0.3, -0.25) is 5.41 Å². The van der Waals surface area contributed by atoms with Crippen molar-refractivity contribution in [3.05, 3.63) is 59.2 Å². The number of nitrogen functional groups attached to an aromatic ring is 1. The Morgan fingerprint density at radius 2 is 1.71 bits per heavy atom. The Balaban J connectivity index is 0.00000171. The van der Waals surface area contributed by atoms with Gasteiger partial charge in [-0.2, -0.15) is 0 Å². The molecule has 4 rings (SSSR count). The third-order valence-electron chi connectivity index (χ3n) is 6.48. The smallest absolute Gasteiger partial charge is 0.122 e. The molecule has 7 heteroatoms. The first-order chi connectivity index (χ1) is 13.9. The molecule has 0 aromatic heterocycles. The molecule has 2 aromatic carbocycles. The van der Waals surface area contributed by atoms with E-state index in [-0.39, 0.29) is 36.1 Å². The van der Waals surface area contributed by atoms with Crippen molar-refractivity contribution in [1.29, 1.82) is 5.41 Å². The molecule has 2 aliphatic heterocycles. The Morgan fingerprint density at radius 3 is 2.35 bits per heavy atom. The van der Waals surface area contributed by atoms with Gasteiger partial charge in [-0.15, -0.1) is 24.8 Å². The maximum absolute atomic E-state index is 7.53. The number of fused-ring (bicyclic) bond motifs is 1. The molecule has 0 aliphatic carbocycles. The summed E-state index contributed by atoms with van der Waals surface area (Å²) in [5.41, 5.74) is 10.6. The lowest BCUT2D eigenvalue weighted by Crippen LogP contribution is -2.41. The normalized spacial score (nSPS) is 17.7. The zero-order valence-corrected chi connectivity index (χ0v) is 20.0. The highest BCUT2D eigenvalue weighted by atomic mass is 35.5. The second kappa shape index (κ2) is 10.6. The molecule has 3 N–H and O–H groups in total. The Bertz CT molecular complexity index is 880. The fourth-order valence-corrected chi connectivity index (χ4v) is 4.32. The van der Waals surface area contributed by atoms with Crippen LogP contribution < -0.4 is 15.4 Å². The average Bonchev–Trinajstić information content (AvgIpc) is 2.73. The van der Waals surface area contributed by atoms with Crippen molar-refractivity contribution in [3.8, 4) is 5.75 Å². The van der Waals surface area contributed by atoms with Gasteiger partial charge in [0.25, 0.3) is 0 Å². The van der Waals surface area contributed by atoms with E-state index in [9.17, 15) is 0 Å². The maximum Gasteiger partial charge on any atom is 0.122 e. The third kappa shape index (κ3) is 6.06. The number of benzene rings is 2. The summed E-state index contributed by atoms with van der Waals surface area (Å²) < 4.78 is 6.26. The van der Waals surface area contributed by atoms with Crippen LogP contribution in [-0.4, -0.2) is 44.0 Å². The van der Waals surface area contributed by atoms with Gasteiger partial charge < -0.3 is 20.3 Å². The zero-order chi connectivity index (χ0) is 20.4. The largest absolute Gasteiger partial charge is 0.493 e.